The first-order valence-electron chi connectivity index (χ1n) is 11.0. The van der Waals surface area contributed by atoms with Gasteiger partial charge in [-0.2, -0.15) is 0 Å². The maximum Gasteiger partial charge on any atom is 0.255 e. The van der Waals surface area contributed by atoms with Crippen LogP contribution in [0.1, 0.15) is 54.4 Å². The van der Waals surface area contributed by atoms with Gasteiger partial charge in [0.15, 0.2) is 0 Å². The number of nitrogens with one attached hydrogen (secondary N) is 1. The summed E-state index contributed by atoms with van der Waals surface area (Å²) >= 11 is 0. The quantitative estimate of drug-likeness (QED) is 0.790. The highest BCUT2D eigenvalue weighted by Gasteiger charge is 2.39. The second-order valence-corrected chi connectivity index (χ2v) is 8.99. The van der Waals surface area contributed by atoms with Gasteiger partial charge in [-0.1, -0.05) is 6.58 Å². The van der Waals surface area contributed by atoms with Crippen LogP contribution in [0.4, 0.5) is 0 Å². The van der Waals surface area contributed by atoms with Crippen LogP contribution in [0.25, 0.3) is 0 Å². The Morgan fingerprint density at radius 1 is 1.17 bits per heavy atom. The zero-order valence-electron chi connectivity index (χ0n) is 17.2. The van der Waals surface area contributed by atoms with Crippen molar-refractivity contribution in [1.29, 1.82) is 0 Å². The molecule has 4 atom stereocenters. The van der Waals surface area contributed by atoms with Crippen molar-refractivity contribution >= 4 is 11.8 Å². The SMILES string of the molecule is C=C1CCC(N2Cc3cc(O[C@@H]4CCC[C@@H]4N4CCC(O)C4)ccc3C2=O)C(=O)N1. The molecule has 7 nitrogen and oxygen atoms in total. The molecule has 1 aliphatic carbocycles. The number of β-amino-alcohol motifs (C(OH)–C–C–N with tert-alkyl or cyclic N) is 1. The molecule has 1 saturated carbocycles. The van der Waals surface area contributed by atoms with E-state index in [1.807, 2.05) is 18.2 Å². The van der Waals surface area contributed by atoms with Crippen LogP contribution in [0.15, 0.2) is 30.5 Å². The van der Waals surface area contributed by atoms with Gasteiger partial charge in [0.1, 0.15) is 17.9 Å². The molecule has 1 aromatic rings. The number of rotatable bonds is 4. The third-order valence-corrected chi connectivity index (χ3v) is 6.98. The van der Waals surface area contributed by atoms with Crippen molar-refractivity contribution in [3.05, 3.63) is 41.6 Å². The van der Waals surface area contributed by atoms with Crippen LogP contribution in [0.2, 0.25) is 0 Å². The molecule has 0 bridgehead atoms. The fourth-order valence-electron chi connectivity index (χ4n) is 5.41. The summed E-state index contributed by atoms with van der Waals surface area (Å²) in [4.78, 5) is 29.3. The lowest BCUT2D eigenvalue weighted by Crippen LogP contribution is -2.49. The van der Waals surface area contributed by atoms with Crippen LogP contribution in [0.5, 0.6) is 5.75 Å². The Morgan fingerprint density at radius 2 is 2.03 bits per heavy atom. The smallest absolute Gasteiger partial charge is 0.255 e. The maximum atomic E-state index is 12.9. The minimum atomic E-state index is -0.444. The number of hydrogen-bond acceptors (Lipinski definition) is 5. The predicted molar refractivity (Wildman–Crippen MR) is 111 cm³/mol. The molecule has 5 rings (SSSR count). The summed E-state index contributed by atoms with van der Waals surface area (Å²) in [6.07, 6.45) is 5.25. The molecule has 2 amide bonds. The average Bonchev–Trinajstić information content (AvgIpc) is 3.41. The average molecular weight is 412 g/mol. The Kier molecular flexibility index (Phi) is 5.03. The lowest BCUT2D eigenvalue weighted by Gasteiger charge is -2.30. The van der Waals surface area contributed by atoms with Crippen LogP contribution >= 0.6 is 0 Å². The highest BCUT2D eigenvalue weighted by molar-refractivity contribution is 6.01. The minimum absolute atomic E-state index is 0.0889. The number of allylic oxidation sites excluding steroid dienone is 1. The third kappa shape index (κ3) is 3.50. The van der Waals surface area contributed by atoms with Gasteiger partial charge in [0.2, 0.25) is 5.91 Å². The number of ether oxygens (including phenoxy) is 1. The van der Waals surface area contributed by atoms with Crippen molar-refractivity contribution in [1.82, 2.24) is 15.1 Å². The molecule has 3 fully saturated rings. The van der Waals surface area contributed by atoms with Gasteiger partial charge in [-0.3, -0.25) is 14.5 Å². The van der Waals surface area contributed by atoms with Gasteiger partial charge in [0.25, 0.3) is 5.91 Å². The van der Waals surface area contributed by atoms with Crippen molar-refractivity contribution in [3.8, 4) is 5.75 Å². The van der Waals surface area contributed by atoms with Gasteiger partial charge in [0.05, 0.1) is 6.10 Å². The Balaban J connectivity index is 1.29. The zero-order chi connectivity index (χ0) is 20.8. The van der Waals surface area contributed by atoms with E-state index in [0.29, 0.717) is 36.7 Å². The molecular formula is C23H29N3O4. The van der Waals surface area contributed by atoms with Crippen LogP contribution in [0.3, 0.4) is 0 Å². The maximum absolute atomic E-state index is 12.9. The molecule has 0 spiro atoms. The van der Waals surface area contributed by atoms with E-state index in [1.54, 1.807) is 4.90 Å². The van der Waals surface area contributed by atoms with E-state index in [-0.39, 0.29) is 24.0 Å². The van der Waals surface area contributed by atoms with Crippen molar-refractivity contribution in [2.45, 2.75) is 69.4 Å². The molecule has 2 N–H and O–H groups in total. The number of nitrogens with zero attached hydrogens (tertiary/aromatic N) is 2. The van der Waals surface area contributed by atoms with Crippen LogP contribution < -0.4 is 10.1 Å². The largest absolute Gasteiger partial charge is 0.489 e. The summed E-state index contributed by atoms with van der Waals surface area (Å²) in [5.74, 6) is 0.543. The topological polar surface area (TPSA) is 82.1 Å². The van der Waals surface area contributed by atoms with Gasteiger partial charge in [0, 0.05) is 36.9 Å². The lowest BCUT2D eigenvalue weighted by atomic mass is 10.0. The van der Waals surface area contributed by atoms with E-state index < -0.39 is 6.04 Å². The first-order chi connectivity index (χ1) is 14.5. The molecule has 0 radical (unpaired) electrons. The molecular weight excluding hydrogens is 382 g/mol. The number of fused-ring (bicyclic) bond motifs is 1. The normalized spacial score (nSPS) is 31.9. The number of amides is 2. The Labute approximate surface area is 176 Å². The van der Waals surface area contributed by atoms with Crippen molar-refractivity contribution in [3.63, 3.8) is 0 Å². The van der Waals surface area contributed by atoms with Crippen molar-refractivity contribution < 1.29 is 19.4 Å². The molecule has 0 aromatic heterocycles. The second-order valence-electron chi connectivity index (χ2n) is 8.99. The van der Waals surface area contributed by atoms with Crippen LogP contribution in [-0.4, -0.2) is 64.1 Å². The van der Waals surface area contributed by atoms with Gasteiger partial charge >= 0.3 is 0 Å². The van der Waals surface area contributed by atoms with E-state index in [9.17, 15) is 14.7 Å². The van der Waals surface area contributed by atoms with Gasteiger partial charge < -0.3 is 20.1 Å². The lowest BCUT2D eigenvalue weighted by molar-refractivity contribution is -0.126. The van der Waals surface area contributed by atoms with Gasteiger partial charge in [-0.05, 0) is 62.3 Å². The number of likely N-dealkylation sites (tertiary alicyclic amines) is 1. The summed E-state index contributed by atoms with van der Waals surface area (Å²) in [5, 5.41) is 12.7. The van der Waals surface area contributed by atoms with Crippen molar-refractivity contribution in [2.75, 3.05) is 13.1 Å². The summed E-state index contributed by atoms with van der Waals surface area (Å²) in [6, 6.07) is 5.56. The first-order valence-corrected chi connectivity index (χ1v) is 11.0. The fraction of sp³-hybridized carbons (Fsp3) is 0.565. The molecule has 3 aliphatic heterocycles. The molecule has 3 heterocycles. The second kappa shape index (κ2) is 7.71. The van der Waals surface area contributed by atoms with Gasteiger partial charge in [-0.25, -0.2) is 0 Å². The van der Waals surface area contributed by atoms with E-state index in [2.05, 4.69) is 16.8 Å². The highest BCUT2D eigenvalue weighted by atomic mass is 16.5. The van der Waals surface area contributed by atoms with Gasteiger partial charge in [-0.15, -0.1) is 0 Å². The number of aliphatic hydroxyl groups is 1. The highest BCUT2D eigenvalue weighted by Crippen LogP contribution is 2.34. The fourth-order valence-corrected chi connectivity index (χ4v) is 5.41. The molecule has 7 heteroatoms. The van der Waals surface area contributed by atoms with E-state index in [0.717, 1.165) is 50.1 Å². The first kappa shape index (κ1) is 19.6. The van der Waals surface area contributed by atoms with E-state index >= 15 is 0 Å². The summed E-state index contributed by atoms with van der Waals surface area (Å²) in [6.45, 7) is 5.90. The number of carbonyl (C=O) groups is 2. The van der Waals surface area contributed by atoms with E-state index in [4.69, 9.17) is 4.74 Å². The Hall–Kier alpha value is -2.38. The summed E-state index contributed by atoms with van der Waals surface area (Å²) in [7, 11) is 0. The third-order valence-electron chi connectivity index (χ3n) is 6.98. The standard InChI is InChI=1S/C23H29N3O4/c1-14-5-8-20(22(28)24-14)26-12-15-11-17(6-7-18(15)23(26)29)30-21-4-2-3-19(21)25-10-9-16(27)13-25/h6-7,11,16,19-21,27H,1-5,8-10,12-13H2,(H,24,28)/t16?,19-,20?,21+/m0/s1. The zero-order valence-corrected chi connectivity index (χ0v) is 17.2. The molecule has 4 aliphatic rings. The number of hydrogen-bond donors (Lipinski definition) is 2. The minimum Gasteiger partial charge on any atom is -0.489 e. The number of benzene rings is 1. The van der Waals surface area contributed by atoms with Crippen LogP contribution in [0, 0.1) is 0 Å². The Morgan fingerprint density at radius 3 is 2.80 bits per heavy atom. The summed E-state index contributed by atoms with van der Waals surface area (Å²) < 4.78 is 6.37. The predicted octanol–water partition coefficient (Wildman–Crippen LogP) is 1.80. The monoisotopic (exact) mass is 411 g/mol. The van der Waals surface area contributed by atoms with Crippen LogP contribution in [-0.2, 0) is 11.3 Å². The van der Waals surface area contributed by atoms with E-state index in [1.165, 1.54) is 0 Å². The van der Waals surface area contributed by atoms with Crippen molar-refractivity contribution in [2.24, 2.45) is 0 Å². The molecule has 1 aromatic carbocycles. The number of piperidine rings is 1. The molecule has 30 heavy (non-hydrogen) atoms. The number of carbonyl (C=O) groups excluding carboxylic acids is 2. The molecule has 2 unspecified atom stereocenters. The Bertz CT molecular complexity index is 885. The number of aliphatic hydroxyl groups excluding tert-OH is 1. The molecule has 2 saturated heterocycles. The molecule has 160 valence electrons. The summed E-state index contributed by atoms with van der Waals surface area (Å²) in [5.41, 5.74) is 2.29.